The first kappa shape index (κ1) is 12.4. The van der Waals surface area contributed by atoms with Crippen molar-refractivity contribution >= 4 is 28.2 Å². The van der Waals surface area contributed by atoms with Crippen molar-refractivity contribution < 1.29 is 0 Å². The summed E-state index contributed by atoms with van der Waals surface area (Å²) in [5.41, 5.74) is 0. The lowest BCUT2D eigenvalue weighted by atomic mass is 9.89. The van der Waals surface area contributed by atoms with Crippen molar-refractivity contribution in [3.63, 3.8) is 0 Å². The SMILES string of the molecule is Clc1nnc(NCC2CC3CCC2C3)c2ccccc12. The summed E-state index contributed by atoms with van der Waals surface area (Å²) in [4.78, 5) is 0. The molecule has 2 fully saturated rings. The van der Waals surface area contributed by atoms with E-state index in [2.05, 4.69) is 21.6 Å². The second kappa shape index (κ2) is 4.88. The average Bonchev–Trinajstić information content (AvgIpc) is 3.09. The van der Waals surface area contributed by atoms with Gasteiger partial charge in [0, 0.05) is 17.3 Å². The van der Waals surface area contributed by atoms with E-state index in [4.69, 9.17) is 11.6 Å². The molecule has 1 aromatic carbocycles. The van der Waals surface area contributed by atoms with Gasteiger partial charge >= 0.3 is 0 Å². The summed E-state index contributed by atoms with van der Waals surface area (Å²) in [7, 11) is 0. The molecule has 4 rings (SSSR count). The molecule has 1 aromatic heterocycles. The highest BCUT2D eigenvalue weighted by Gasteiger charge is 2.39. The summed E-state index contributed by atoms with van der Waals surface area (Å²) >= 11 is 6.11. The molecule has 2 aliphatic rings. The van der Waals surface area contributed by atoms with Gasteiger partial charge in [-0.05, 0) is 37.0 Å². The second-order valence-corrected chi connectivity index (χ2v) is 6.56. The van der Waals surface area contributed by atoms with Crippen LogP contribution in [-0.4, -0.2) is 16.7 Å². The van der Waals surface area contributed by atoms with Crippen LogP contribution < -0.4 is 5.32 Å². The van der Waals surface area contributed by atoms with E-state index in [9.17, 15) is 0 Å². The van der Waals surface area contributed by atoms with Crippen molar-refractivity contribution in [2.45, 2.75) is 25.7 Å². The molecule has 2 aliphatic carbocycles. The van der Waals surface area contributed by atoms with Gasteiger partial charge in [-0.25, -0.2) is 0 Å². The molecule has 1 heterocycles. The third-order valence-electron chi connectivity index (χ3n) is 5.06. The number of halogens is 1. The number of benzene rings is 1. The molecular formula is C16H18ClN3. The Balaban J connectivity index is 1.56. The molecule has 0 spiro atoms. The maximum atomic E-state index is 6.11. The number of rotatable bonds is 3. The summed E-state index contributed by atoms with van der Waals surface area (Å²) < 4.78 is 0. The number of fused-ring (bicyclic) bond motifs is 3. The molecule has 0 radical (unpaired) electrons. The highest BCUT2D eigenvalue weighted by atomic mass is 35.5. The van der Waals surface area contributed by atoms with Gasteiger partial charge in [0.1, 0.15) is 0 Å². The van der Waals surface area contributed by atoms with Crippen LogP contribution in [0.5, 0.6) is 0 Å². The molecule has 0 aliphatic heterocycles. The van der Waals surface area contributed by atoms with Crippen LogP contribution in [0.15, 0.2) is 24.3 Å². The predicted molar refractivity (Wildman–Crippen MR) is 82.0 cm³/mol. The molecule has 2 aromatic rings. The quantitative estimate of drug-likeness (QED) is 0.922. The van der Waals surface area contributed by atoms with Crippen LogP contribution in [0.25, 0.3) is 10.8 Å². The smallest absolute Gasteiger partial charge is 0.159 e. The fraction of sp³-hybridized carbons (Fsp3) is 0.500. The van der Waals surface area contributed by atoms with Gasteiger partial charge in [-0.15, -0.1) is 10.2 Å². The number of anilines is 1. The molecule has 0 saturated heterocycles. The summed E-state index contributed by atoms with van der Waals surface area (Å²) in [5.74, 6) is 3.59. The van der Waals surface area contributed by atoms with Crippen LogP contribution in [0.1, 0.15) is 25.7 Å². The monoisotopic (exact) mass is 287 g/mol. The largest absolute Gasteiger partial charge is 0.368 e. The lowest BCUT2D eigenvalue weighted by molar-refractivity contribution is 0.348. The summed E-state index contributed by atoms with van der Waals surface area (Å²) in [6, 6.07) is 8.05. The van der Waals surface area contributed by atoms with E-state index in [1.165, 1.54) is 25.7 Å². The van der Waals surface area contributed by atoms with Gasteiger partial charge in [0.25, 0.3) is 0 Å². The van der Waals surface area contributed by atoms with Gasteiger partial charge in [-0.1, -0.05) is 42.3 Å². The highest BCUT2D eigenvalue weighted by molar-refractivity contribution is 6.34. The first-order valence-electron chi connectivity index (χ1n) is 7.46. The van der Waals surface area contributed by atoms with Crippen molar-refractivity contribution in [2.75, 3.05) is 11.9 Å². The molecule has 2 bridgehead atoms. The molecule has 3 atom stereocenters. The zero-order valence-corrected chi connectivity index (χ0v) is 12.1. The van der Waals surface area contributed by atoms with E-state index in [-0.39, 0.29) is 0 Å². The highest BCUT2D eigenvalue weighted by Crippen LogP contribution is 2.48. The molecule has 3 unspecified atom stereocenters. The van der Waals surface area contributed by atoms with Crippen LogP contribution >= 0.6 is 11.6 Å². The van der Waals surface area contributed by atoms with E-state index < -0.39 is 0 Å². The summed E-state index contributed by atoms with van der Waals surface area (Å²) in [6.45, 7) is 1.02. The van der Waals surface area contributed by atoms with Crippen molar-refractivity contribution in [1.29, 1.82) is 0 Å². The standard InChI is InChI=1S/C16H18ClN3/c17-15-13-3-1-2-4-14(13)16(20-19-15)18-9-12-8-10-5-6-11(12)7-10/h1-4,10-12H,5-9H2,(H,18,20). The maximum Gasteiger partial charge on any atom is 0.159 e. The molecule has 104 valence electrons. The van der Waals surface area contributed by atoms with Gasteiger partial charge in [-0.3, -0.25) is 0 Å². The zero-order valence-electron chi connectivity index (χ0n) is 11.3. The number of nitrogens with zero attached hydrogens (tertiary/aromatic N) is 2. The van der Waals surface area contributed by atoms with Crippen LogP contribution in [0.3, 0.4) is 0 Å². The van der Waals surface area contributed by atoms with Crippen LogP contribution in [-0.2, 0) is 0 Å². The topological polar surface area (TPSA) is 37.8 Å². The number of nitrogens with one attached hydrogen (secondary N) is 1. The van der Waals surface area contributed by atoms with Gasteiger partial charge < -0.3 is 5.32 Å². The van der Waals surface area contributed by atoms with E-state index in [0.29, 0.717) is 5.15 Å². The van der Waals surface area contributed by atoms with Crippen molar-refractivity contribution in [2.24, 2.45) is 17.8 Å². The molecule has 0 amide bonds. The zero-order chi connectivity index (χ0) is 13.5. The molecular weight excluding hydrogens is 270 g/mol. The molecule has 3 nitrogen and oxygen atoms in total. The summed E-state index contributed by atoms with van der Waals surface area (Å²) in [6.07, 6.45) is 5.70. The first-order valence-corrected chi connectivity index (χ1v) is 7.84. The number of aromatic nitrogens is 2. The van der Waals surface area contributed by atoms with Crippen LogP contribution in [0.4, 0.5) is 5.82 Å². The minimum Gasteiger partial charge on any atom is -0.368 e. The Morgan fingerprint density at radius 1 is 1.10 bits per heavy atom. The van der Waals surface area contributed by atoms with Crippen LogP contribution in [0.2, 0.25) is 5.15 Å². The third-order valence-corrected chi connectivity index (χ3v) is 5.34. The molecule has 4 heteroatoms. The Morgan fingerprint density at radius 3 is 2.70 bits per heavy atom. The molecule has 2 saturated carbocycles. The van der Waals surface area contributed by atoms with Gasteiger partial charge in [0.15, 0.2) is 11.0 Å². The normalized spacial score (nSPS) is 28.1. The summed E-state index contributed by atoms with van der Waals surface area (Å²) in [5, 5.41) is 14.3. The van der Waals surface area contributed by atoms with Crippen molar-refractivity contribution in [1.82, 2.24) is 10.2 Å². The van der Waals surface area contributed by atoms with E-state index >= 15 is 0 Å². The second-order valence-electron chi connectivity index (χ2n) is 6.20. The Labute approximate surface area is 123 Å². The Morgan fingerprint density at radius 2 is 1.95 bits per heavy atom. The Kier molecular flexibility index (Phi) is 3.03. The van der Waals surface area contributed by atoms with E-state index in [0.717, 1.165) is 40.9 Å². The van der Waals surface area contributed by atoms with Crippen molar-refractivity contribution in [3.05, 3.63) is 29.4 Å². The maximum absolute atomic E-state index is 6.11. The number of hydrogen-bond acceptors (Lipinski definition) is 3. The average molecular weight is 288 g/mol. The van der Waals surface area contributed by atoms with Gasteiger partial charge in [0.05, 0.1) is 0 Å². The fourth-order valence-corrected chi connectivity index (χ4v) is 4.26. The fourth-order valence-electron chi connectivity index (χ4n) is 4.06. The Bertz CT molecular complexity index is 643. The lowest BCUT2D eigenvalue weighted by Gasteiger charge is -2.22. The number of hydrogen-bond donors (Lipinski definition) is 1. The minimum atomic E-state index is 0.478. The molecule has 1 N–H and O–H groups in total. The first-order chi connectivity index (χ1) is 9.81. The minimum absolute atomic E-state index is 0.478. The van der Waals surface area contributed by atoms with Gasteiger partial charge in [0.2, 0.25) is 0 Å². The van der Waals surface area contributed by atoms with Gasteiger partial charge in [-0.2, -0.15) is 0 Å². The molecule has 20 heavy (non-hydrogen) atoms. The predicted octanol–water partition coefficient (Wildman–Crippen LogP) is 4.13. The van der Waals surface area contributed by atoms with Crippen molar-refractivity contribution in [3.8, 4) is 0 Å². The van der Waals surface area contributed by atoms with Crippen LogP contribution in [0, 0.1) is 17.8 Å². The third kappa shape index (κ3) is 2.05. The Hall–Kier alpha value is -1.35. The lowest BCUT2D eigenvalue weighted by Crippen LogP contribution is -2.20. The van der Waals surface area contributed by atoms with E-state index in [1.54, 1.807) is 0 Å². The van der Waals surface area contributed by atoms with E-state index in [1.807, 2.05) is 18.2 Å².